The molecule has 0 spiro atoms. The predicted octanol–water partition coefficient (Wildman–Crippen LogP) is 4.05. The number of halogens is 1. The minimum absolute atomic E-state index is 0.105. The van der Waals surface area contributed by atoms with E-state index in [0.717, 1.165) is 39.7 Å². The molecule has 2 heterocycles. The van der Waals surface area contributed by atoms with Crippen molar-refractivity contribution >= 4 is 27.6 Å². The minimum Gasteiger partial charge on any atom is -0.466 e. The Labute approximate surface area is 127 Å². The van der Waals surface area contributed by atoms with E-state index in [1.165, 1.54) is 0 Å². The zero-order valence-corrected chi connectivity index (χ0v) is 13.7. The van der Waals surface area contributed by atoms with Gasteiger partial charge in [0.15, 0.2) is 0 Å². The third-order valence-corrected chi connectivity index (χ3v) is 3.78. The number of nitrogens with one attached hydrogen (secondary N) is 2. The molecule has 6 heteroatoms. The molecule has 0 aliphatic rings. The molecule has 5 nitrogen and oxygen atoms in total. The summed E-state index contributed by atoms with van der Waals surface area (Å²) in [6.45, 7) is 8.85. The van der Waals surface area contributed by atoms with Crippen LogP contribution in [0.4, 0.5) is 11.6 Å². The van der Waals surface area contributed by atoms with E-state index in [4.69, 9.17) is 4.42 Å². The highest BCUT2D eigenvalue weighted by Crippen LogP contribution is 2.30. The summed E-state index contributed by atoms with van der Waals surface area (Å²) in [7, 11) is 0. The summed E-state index contributed by atoms with van der Waals surface area (Å²) in [5.41, 5.74) is 1.14. The van der Waals surface area contributed by atoms with E-state index in [1.54, 1.807) is 6.33 Å². The first kappa shape index (κ1) is 14.8. The standard InChI is InChI=1S/C14H19BrN4O/c1-5-16-13-12(15)14(18-7-17-13)19-9(3)11-6-8(2)20-10(11)4/h6-7,9H,5H2,1-4H3,(H2,16,17,18,19). The lowest BCUT2D eigenvalue weighted by molar-refractivity contribution is 0.499. The van der Waals surface area contributed by atoms with Gasteiger partial charge in [0.05, 0.1) is 6.04 Å². The van der Waals surface area contributed by atoms with Crippen LogP contribution in [0.3, 0.4) is 0 Å². The number of hydrogen-bond acceptors (Lipinski definition) is 5. The van der Waals surface area contributed by atoms with Crippen molar-refractivity contribution in [2.45, 2.75) is 33.7 Å². The lowest BCUT2D eigenvalue weighted by atomic mass is 10.1. The molecule has 0 aromatic carbocycles. The van der Waals surface area contributed by atoms with Gasteiger partial charge in [-0.1, -0.05) is 0 Å². The van der Waals surface area contributed by atoms with E-state index in [-0.39, 0.29) is 6.04 Å². The van der Waals surface area contributed by atoms with Crippen molar-refractivity contribution in [2.24, 2.45) is 0 Å². The monoisotopic (exact) mass is 338 g/mol. The van der Waals surface area contributed by atoms with Crippen molar-refractivity contribution in [3.63, 3.8) is 0 Å². The second-order valence-corrected chi connectivity index (χ2v) is 5.44. The lowest BCUT2D eigenvalue weighted by Gasteiger charge is -2.16. The highest BCUT2D eigenvalue weighted by Gasteiger charge is 2.15. The Bertz CT molecular complexity index is 597. The van der Waals surface area contributed by atoms with Crippen LogP contribution >= 0.6 is 15.9 Å². The van der Waals surface area contributed by atoms with E-state index >= 15 is 0 Å². The smallest absolute Gasteiger partial charge is 0.146 e. The average Bonchev–Trinajstić information content (AvgIpc) is 2.73. The van der Waals surface area contributed by atoms with Crippen LogP contribution < -0.4 is 10.6 Å². The van der Waals surface area contributed by atoms with Gasteiger partial charge in [-0.3, -0.25) is 0 Å². The van der Waals surface area contributed by atoms with E-state index in [9.17, 15) is 0 Å². The maximum atomic E-state index is 5.57. The number of aryl methyl sites for hydroxylation is 2. The largest absolute Gasteiger partial charge is 0.466 e. The Kier molecular flexibility index (Phi) is 4.65. The topological polar surface area (TPSA) is 63.0 Å². The van der Waals surface area contributed by atoms with Crippen molar-refractivity contribution in [2.75, 3.05) is 17.2 Å². The van der Waals surface area contributed by atoms with Gasteiger partial charge < -0.3 is 15.1 Å². The summed E-state index contributed by atoms with van der Waals surface area (Å²) in [6.07, 6.45) is 1.55. The van der Waals surface area contributed by atoms with Crippen LogP contribution in [0.15, 0.2) is 21.3 Å². The van der Waals surface area contributed by atoms with Crippen LogP contribution in [0.2, 0.25) is 0 Å². The Morgan fingerprint density at radius 3 is 2.60 bits per heavy atom. The molecule has 1 unspecified atom stereocenters. The van der Waals surface area contributed by atoms with Gasteiger partial charge in [-0.15, -0.1) is 0 Å². The Morgan fingerprint density at radius 2 is 2.00 bits per heavy atom. The van der Waals surface area contributed by atoms with E-state index in [1.807, 2.05) is 26.8 Å². The molecule has 1 atom stereocenters. The van der Waals surface area contributed by atoms with Crippen LogP contribution in [0.1, 0.15) is 37.0 Å². The number of rotatable bonds is 5. The molecule has 2 aromatic rings. The summed E-state index contributed by atoms with van der Waals surface area (Å²) in [5.74, 6) is 3.40. The zero-order valence-electron chi connectivity index (χ0n) is 12.1. The second-order valence-electron chi connectivity index (χ2n) is 4.65. The molecule has 0 saturated heterocycles. The Hall–Kier alpha value is -1.56. The fourth-order valence-corrected chi connectivity index (χ4v) is 2.58. The van der Waals surface area contributed by atoms with Gasteiger partial charge in [0.25, 0.3) is 0 Å². The number of aromatic nitrogens is 2. The van der Waals surface area contributed by atoms with Crippen LogP contribution in [0.5, 0.6) is 0 Å². The summed E-state index contributed by atoms with van der Waals surface area (Å²) >= 11 is 3.53. The van der Waals surface area contributed by atoms with E-state index in [2.05, 4.69) is 43.5 Å². The third kappa shape index (κ3) is 3.12. The molecule has 108 valence electrons. The Morgan fingerprint density at radius 1 is 1.30 bits per heavy atom. The number of nitrogens with zero attached hydrogens (tertiary/aromatic N) is 2. The SMILES string of the molecule is CCNc1ncnc(NC(C)c2cc(C)oc2C)c1Br. The Balaban J connectivity index is 2.21. The van der Waals surface area contributed by atoms with Gasteiger partial charge in [-0.2, -0.15) is 0 Å². The number of anilines is 2. The lowest BCUT2D eigenvalue weighted by Crippen LogP contribution is -2.10. The van der Waals surface area contributed by atoms with Gasteiger partial charge in [-0.25, -0.2) is 9.97 Å². The first-order valence-corrected chi connectivity index (χ1v) is 7.40. The second kappa shape index (κ2) is 6.26. The van der Waals surface area contributed by atoms with Crippen molar-refractivity contribution in [1.29, 1.82) is 0 Å². The molecule has 0 fully saturated rings. The molecule has 0 radical (unpaired) electrons. The molecule has 0 amide bonds. The van der Waals surface area contributed by atoms with E-state index < -0.39 is 0 Å². The maximum Gasteiger partial charge on any atom is 0.146 e. The number of hydrogen-bond donors (Lipinski definition) is 2. The van der Waals surface area contributed by atoms with Crippen LogP contribution in [0.25, 0.3) is 0 Å². The molecular weight excluding hydrogens is 320 g/mol. The highest BCUT2D eigenvalue weighted by atomic mass is 79.9. The molecule has 0 aliphatic heterocycles. The molecule has 0 aliphatic carbocycles. The van der Waals surface area contributed by atoms with Crippen LogP contribution in [-0.4, -0.2) is 16.5 Å². The molecular formula is C14H19BrN4O. The zero-order chi connectivity index (χ0) is 14.7. The third-order valence-electron chi connectivity index (χ3n) is 3.03. The van der Waals surface area contributed by atoms with Gasteiger partial charge in [0.2, 0.25) is 0 Å². The predicted molar refractivity (Wildman–Crippen MR) is 84.1 cm³/mol. The summed E-state index contributed by atoms with van der Waals surface area (Å²) in [6, 6.07) is 2.15. The summed E-state index contributed by atoms with van der Waals surface area (Å²) < 4.78 is 6.41. The summed E-state index contributed by atoms with van der Waals surface area (Å²) in [4.78, 5) is 8.49. The van der Waals surface area contributed by atoms with Crippen molar-refractivity contribution in [3.05, 3.63) is 34.0 Å². The molecule has 2 aromatic heterocycles. The van der Waals surface area contributed by atoms with Crippen LogP contribution in [-0.2, 0) is 0 Å². The fourth-order valence-electron chi connectivity index (χ4n) is 2.12. The minimum atomic E-state index is 0.105. The van der Waals surface area contributed by atoms with Crippen molar-refractivity contribution < 1.29 is 4.42 Å². The molecule has 20 heavy (non-hydrogen) atoms. The molecule has 2 N–H and O–H groups in total. The molecule has 0 bridgehead atoms. The average molecular weight is 339 g/mol. The van der Waals surface area contributed by atoms with Crippen LogP contribution in [0, 0.1) is 13.8 Å². The van der Waals surface area contributed by atoms with Crippen molar-refractivity contribution in [3.8, 4) is 0 Å². The quantitative estimate of drug-likeness (QED) is 0.860. The van der Waals surface area contributed by atoms with Gasteiger partial charge in [0.1, 0.15) is 34.0 Å². The molecule has 0 saturated carbocycles. The van der Waals surface area contributed by atoms with Gasteiger partial charge in [0, 0.05) is 12.1 Å². The molecule has 2 rings (SSSR count). The summed E-state index contributed by atoms with van der Waals surface area (Å²) in [5, 5.41) is 6.57. The van der Waals surface area contributed by atoms with Gasteiger partial charge >= 0.3 is 0 Å². The first-order valence-electron chi connectivity index (χ1n) is 6.60. The van der Waals surface area contributed by atoms with Gasteiger partial charge in [-0.05, 0) is 49.7 Å². The maximum absolute atomic E-state index is 5.57. The van der Waals surface area contributed by atoms with Crippen molar-refractivity contribution in [1.82, 2.24) is 9.97 Å². The first-order chi connectivity index (χ1) is 9.52. The number of furan rings is 1. The highest BCUT2D eigenvalue weighted by molar-refractivity contribution is 9.10. The van der Waals surface area contributed by atoms with E-state index in [0.29, 0.717) is 0 Å². The fraction of sp³-hybridized carbons (Fsp3) is 0.429. The normalized spacial score (nSPS) is 12.2.